The van der Waals surface area contributed by atoms with Gasteiger partial charge in [0.1, 0.15) is 0 Å². The summed E-state index contributed by atoms with van der Waals surface area (Å²) in [6.07, 6.45) is 3.13. The van der Waals surface area contributed by atoms with Crippen LogP contribution in [0, 0.1) is 11.8 Å². The predicted octanol–water partition coefficient (Wildman–Crippen LogP) is 2.92. The van der Waals surface area contributed by atoms with Crippen LogP contribution in [-0.4, -0.2) is 46.3 Å². The third kappa shape index (κ3) is 4.02. The molecule has 158 valence electrons. The number of carbonyl (C=O) groups excluding carboxylic acids is 1. The number of hydrogen-bond donors (Lipinski definition) is 3. The summed E-state index contributed by atoms with van der Waals surface area (Å²) in [5.41, 5.74) is 3.51. The van der Waals surface area contributed by atoms with Gasteiger partial charge in [-0.1, -0.05) is 42.5 Å². The van der Waals surface area contributed by atoms with Crippen LogP contribution in [0.3, 0.4) is 0 Å². The number of aliphatic hydroxyl groups is 2. The highest BCUT2D eigenvalue weighted by molar-refractivity contribution is 5.93. The Hall–Kier alpha value is -2.21. The zero-order valence-electron chi connectivity index (χ0n) is 17.3. The van der Waals surface area contributed by atoms with E-state index in [2.05, 4.69) is 22.3 Å². The first kappa shape index (κ1) is 19.7. The monoisotopic (exact) mass is 406 g/mol. The van der Waals surface area contributed by atoms with Crippen LogP contribution in [0.25, 0.3) is 0 Å². The summed E-state index contributed by atoms with van der Waals surface area (Å²) in [7, 11) is 0. The fourth-order valence-electron chi connectivity index (χ4n) is 5.79. The van der Waals surface area contributed by atoms with Crippen molar-refractivity contribution in [2.45, 2.75) is 43.8 Å². The summed E-state index contributed by atoms with van der Waals surface area (Å²) in [4.78, 5) is 13.9. The molecule has 0 bridgehead atoms. The van der Waals surface area contributed by atoms with Crippen molar-refractivity contribution in [3.8, 4) is 0 Å². The summed E-state index contributed by atoms with van der Waals surface area (Å²) in [6.45, 7) is 2.51. The Kier molecular flexibility index (Phi) is 5.13. The fraction of sp³-hybridized carbons (Fsp3) is 0.480. The number of fused-ring (bicyclic) bond motifs is 2. The van der Waals surface area contributed by atoms with Gasteiger partial charge in [0.25, 0.3) is 0 Å². The van der Waals surface area contributed by atoms with Crippen LogP contribution >= 0.6 is 0 Å². The lowest BCUT2D eigenvalue weighted by Gasteiger charge is -2.27. The lowest BCUT2D eigenvalue weighted by Crippen LogP contribution is -2.33. The molecule has 3 N–H and O–H groups in total. The average Bonchev–Trinajstić information content (AvgIpc) is 3.21. The third-order valence-corrected chi connectivity index (χ3v) is 7.15. The van der Waals surface area contributed by atoms with Gasteiger partial charge in [-0.3, -0.25) is 9.69 Å². The Morgan fingerprint density at radius 2 is 1.80 bits per heavy atom. The van der Waals surface area contributed by atoms with E-state index in [1.54, 1.807) is 0 Å². The summed E-state index contributed by atoms with van der Waals surface area (Å²) < 4.78 is 0. The molecule has 2 aromatic carbocycles. The standard InChI is InChI=1S/C25H30N2O3/c28-23(19-6-8-22-18(10-19)7-9-24(29)26-22)16-27-14-20-12-25(30,13-21(20)15-27)11-17-4-2-1-3-5-17/h1-6,8,10,20-21,23,28,30H,7,9,11-16H2,(H,26,29)/t20-,21+,23?,25?. The molecule has 4 atom stereocenters. The van der Waals surface area contributed by atoms with E-state index in [0.717, 1.165) is 55.6 Å². The van der Waals surface area contributed by atoms with Crippen molar-refractivity contribution in [3.05, 3.63) is 65.2 Å². The molecule has 5 nitrogen and oxygen atoms in total. The van der Waals surface area contributed by atoms with Gasteiger partial charge in [0.05, 0.1) is 11.7 Å². The molecule has 0 spiro atoms. The molecule has 30 heavy (non-hydrogen) atoms. The molecule has 5 rings (SSSR count). The van der Waals surface area contributed by atoms with E-state index in [0.29, 0.717) is 24.8 Å². The molecule has 1 saturated heterocycles. The van der Waals surface area contributed by atoms with Crippen molar-refractivity contribution in [2.24, 2.45) is 11.8 Å². The van der Waals surface area contributed by atoms with Crippen LogP contribution in [0.5, 0.6) is 0 Å². The van der Waals surface area contributed by atoms with Crippen molar-refractivity contribution in [2.75, 3.05) is 25.0 Å². The van der Waals surface area contributed by atoms with Crippen LogP contribution in [0.2, 0.25) is 0 Å². The number of carbonyl (C=O) groups is 1. The molecule has 1 saturated carbocycles. The highest BCUT2D eigenvalue weighted by atomic mass is 16.3. The van der Waals surface area contributed by atoms with Gasteiger partial charge in [0, 0.05) is 38.2 Å². The summed E-state index contributed by atoms with van der Waals surface area (Å²) in [5.74, 6) is 1.07. The molecular weight excluding hydrogens is 376 g/mol. The van der Waals surface area contributed by atoms with Gasteiger partial charge in [-0.25, -0.2) is 0 Å². The zero-order valence-corrected chi connectivity index (χ0v) is 17.3. The number of nitrogens with zero attached hydrogens (tertiary/aromatic N) is 1. The first-order valence-electron chi connectivity index (χ1n) is 11.1. The fourth-order valence-corrected chi connectivity index (χ4v) is 5.79. The van der Waals surface area contributed by atoms with Crippen LogP contribution in [-0.2, 0) is 17.6 Å². The Labute approximate surface area is 177 Å². The number of amides is 1. The van der Waals surface area contributed by atoms with Gasteiger partial charge in [-0.15, -0.1) is 0 Å². The molecule has 1 amide bonds. The largest absolute Gasteiger partial charge is 0.390 e. The topological polar surface area (TPSA) is 72.8 Å². The molecule has 2 aliphatic heterocycles. The summed E-state index contributed by atoms with van der Waals surface area (Å²) >= 11 is 0. The Morgan fingerprint density at radius 3 is 2.53 bits per heavy atom. The minimum atomic E-state index is -0.593. The SMILES string of the molecule is O=C1CCc2cc(C(O)CN3C[C@@H]4CC(O)(Cc5ccccc5)C[C@@H]4C3)ccc2N1. The van der Waals surface area contributed by atoms with E-state index in [4.69, 9.17) is 0 Å². The number of benzene rings is 2. The van der Waals surface area contributed by atoms with Crippen LogP contribution < -0.4 is 5.32 Å². The highest BCUT2D eigenvalue weighted by Gasteiger charge is 2.48. The van der Waals surface area contributed by atoms with Gasteiger partial charge in [0.15, 0.2) is 0 Å². The van der Waals surface area contributed by atoms with Crippen molar-refractivity contribution >= 4 is 11.6 Å². The van der Waals surface area contributed by atoms with Crippen molar-refractivity contribution in [1.82, 2.24) is 4.90 Å². The number of nitrogens with one attached hydrogen (secondary N) is 1. The smallest absolute Gasteiger partial charge is 0.224 e. The lowest BCUT2D eigenvalue weighted by molar-refractivity contribution is -0.116. The Bertz CT molecular complexity index is 915. The maximum Gasteiger partial charge on any atom is 0.224 e. The van der Waals surface area contributed by atoms with Crippen LogP contribution in [0.15, 0.2) is 48.5 Å². The maximum atomic E-state index is 11.5. The quantitative estimate of drug-likeness (QED) is 0.714. The molecule has 3 aliphatic rings. The zero-order chi connectivity index (χ0) is 20.7. The second kappa shape index (κ2) is 7.80. The molecule has 2 heterocycles. The minimum absolute atomic E-state index is 0.0617. The van der Waals surface area contributed by atoms with Crippen molar-refractivity contribution < 1.29 is 15.0 Å². The molecule has 2 unspecified atom stereocenters. The van der Waals surface area contributed by atoms with Gasteiger partial charge < -0.3 is 15.5 Å². The van der Waals surface area contributed by atoms with E-state index in [-0.39, 0.29) is 5.91 Å². The highest BCUT2D eigenvalue weighted by Crippen LogP contribution is 2.45. The van der Waals surface area contributed by atoms with Gasteiger partial charge in [-0.05, 0) is 53.9 Å². The molecular formula is C25H30N2O3. The second-order valence-corrected chi connectivity index (χ2v) is 9.51. The molecule has 0 aromatic heterocycles. The van der Waals surface area contributed by atoms with E-state index >= 15 is 0 Å². The third-order valence-electron chi connectivity index (χ3n) is 7.15. The number of likely N-dealkylation sites (tertiary alicyclic amines) is 1. The number of aliphatic hydroxyl groups excluding tert-OH is 1. The van der Waals surface area contributed by atoms with Gasteiger partial charge >= 0.3 is 0 Å². The minimum Gasteiger partial charge on any atom is -0.390 e. The molecule has 2 aromatic rings. The Balaban J connectivity index is 1.18. The number of hydrogen-bond acceptors (Lipinski definition) is 4. The van der Waals surface area contributed by atoms with Crippen LogP contribution in [0.4, 0.5) is 5.69 Å². The normalized spacial score (nSPS) is 29.3. The van der Waals surface area contributed by atoms with E-state index in [1.807, 2.05) is 36.4 Å². The lowest BCUT2D eigenvalue weighted by atomic mass is 9.91. The first-order chi connectivity index (χ1) is 14.5. The van der Waals surface area contributed by atoms with E-state index in [9.17, 15) is 15.0 Å². The molecule has 0 radical (unpaired) electrons. The van der Waals surface area contributed by atoms with E-state index < -0.39 is 11.7 Å². The summed E-state index contributed by atoms with van der Waals surface area (Å²) in [6, 6.07) is 16.1. The maximum absolute atomic E-state index is 11.5. The van der Waals surface area contributed by atoms with Crippen molar-refractivity contribution in [3.63, 3.8) is 0 Å². The van der Waals surface area contributed by atoms with Crippen molar-refractivity contribution in [1.29, 1.82) is 0 Å². The number of anilines is 1. The van der Waals surface area contributed by atoms with Crippen LogP contribution in [0.1, 0.15) is 42.1 Å². The Morgan fingerprint density at radius 1 is 1.07 bits per heavy atom. The number of rotatable bonds is 5. The number of β-amino-alcohol motifs (C(OH)–C–C–N with tert-alkyl or cyclic N) is 1. The van der Waals surface area contributed by atoms with Gasteiger partial charge in [0.2, 0.25) is 5.91 Å². The number of aryl methyl sites for hydroxylation is 1. The van der Waals surface area contributed by atoms with Gasteiger partial charge in [-0.2, -0.15) is 0 Å². The van der Waals surface area contributed by atoms with E-state index in [1.165, 1.54) is 5.56 Å². The predicted molar refractivity (Wildman–Crippen MR) is 116 cm³/mol. The summed E-state index contributed by atoms with van der Waals surface area (Å²) in [5, 5.41) is 24.8. The molecule has 2 fully saturated rings. The second-order valence-electron chi connectivity index (χ2n) is 9.51. The average molecular weight is 407 g/mol. The molecule has 5 heteroatoms. The first-order valence-corrected chi connectivity index (χ1v) is 11.1. The molecule has 1 aliphatic carbocycles.